The van der Waals surface area contributed by atoms with Crippen LogP contribution in [0.25, 0.3) is 0 Å². The zero-order valence-electron chi connectivity index (χ0n) is 50.0. The number of allylic oxidation sites excluding steroid dienone is 8. The standard InChI is InChI=1S/C61H110O17P2/c1-5-9-13-17-19-21-23-25-27-29-31-33-35-39-42-46-59(64)72-52-57(78-61(66)48-44-40-36-34-32-30-28-26-24-22-20-18-14-10-6-2)54-76-80(69,70)74-50-55(62)49-73-79(67,68)75-53-56(77-60(65)47-43-38-16-12-8-4)51-71-58(63)45-41-37-15-11-7-3/h21-28,55-57,62H,5-20,29-54H2,1-4H3,(H,67,68)(H,69,70)/b23-21-,24-22-,27-25-,28-26-/t55-,56+,57+/m0/s1. The third-order valence-corrected chi connectivity index (χ3v) is 14.8. The van der Waals surface area contributed by atoms with Crippen LogP contribution in [0.4, 0.5) is 0 Å². The number of rotatable bonds is 58. The summed E-state index contributed by atoms with van der Waals surface area (Å²) in [4.78, 5) is 71.5. The summed E-state index contributed by atoms with van der Waals surface area (Å²) in [5.74, 6) is -2.22. The number of phosphoric ester groups is 2. The van der Waals surface area contributed by atoms with Gasteiger partial charge in [-0.25, -0.2) is 9.13 Å². The first-order chi connectivity index (χ1) is 38.7. The van der Waals surface area contributed by atoms with Crippen molar-refractivity contribution in [1.82, 2.24) is 0 Å². The van der Waals surface area contributed by atoms with Crippen LogP contribution >= 0.6 is 15.6 Å². The maximum atomic E-state index is 12.9. The molecule has 0 saturated carbocycles. The number of esters is 4. The molecule has 0 aliphatic carbocycles. The van der Waals surface area contributed by atoms with Gasteiger partial charge in [0.05, 0.1) is 26.4 Å². The molecule has 3 N–H and O–H groups in total. The molecule has 0 heterocycles. The predicted molar refractivity (Wildman–Crippen MR) is 317 cm³/mol. The molecular weight excluding hydrogens is 1070 g/mol. The number of carbonyl (C=O) groups excluding carboxylic acids is 4. The van der Waals surface area contributed by atoms with Gasteiger partial charge in [-0.1, -0.05) is 205 Å². The van der Waals surface area contributed by atoms with E-state index in [4.69, 9.17) is 37.0 Å². The highest BCUT2D eigenvalue weighted by atomic mass is 31.2. The van der Waals surface area contributed by atoms with E-state index in [1.54, 1.807) is 0 Å². The van der Waals surface area contributed by atoms with E-state index in [0.717, 1.165) is 128 Å². The van der Waals surface area contributed by atoms with Crippen LogP contribution in [-0.4, -0.2) is 96.7 Å². The number of carbonyl (C=O) groups is 4. The number of aliphatic hydroxyl groups excluding tert-OH is 1. The first-order valence-corrected chi connectivity index (χ1v) is 33.9. The monoisotopic (exact) mass is 1180 g/mol. The third-order valence-electron chi connectivity index (χ3n) is 12.9. The Balaban J connectivity index is 5.20. The first kappa shape index (κ1) is 77.0. The molecule has 0 aromatic heterocycles. The highest BCUT2D eigenvalue weighted by Crippen LogP contribution is 2.45. The van der Waals surface area contributed by atoms with E-state index in [1.165, 1.54) is 51.4 Å². The molecule has 466 valence electrons. The molecule has 0 rings (SSSR count). The topological polar surface area (TPSA) is 237 Å². The molecule has 0 aromatic carbocycles. The normalized spacial score (nSPS) is 14.6. The molecule has 0 aliphatic rings. The van der Waals surface area contributed by atoms with Gasteiger partial charge >= 0.3 is 39.5 Å². The third kappa shape index (κ3) is 54.3. The lowest BCUT2D eigenvalue weighted by molar-refractivity contribution is -0.161. The van der Waals surface area contributed by atoms with E-state index < -0.39 is 97.5 Å². The van der Waals surface area contributed by atoms with Gasteiger partial charge < -0.3 is 33.8 Å². The van der Waals surface area contributed by atoms with E-state index in [-0.39, 0.29) is 25.7 Å². The summed E-state index contributed by atoms with van der Waals surface area (Å²) in [5.41, 5.74) is 0. The van der Waals surface area contributed by atoms with Gasteiger partial charge in [-0.05, 0) is 77.0 Å². The molecule has 0 saturated heterocycles. The van der Waals surface area contributed by atoms with Crippen LogP contribution in [0.15, 0.2) is 48.6 Å². The van der Waals surface area contributed by atoms with Crippen LogP contribution in [0.2, 0.25) is 0 Å². The van der Waals surface area contributed by atoms with Gasteiger partial charge in [0.1, 0.15) is 19.3 Å². The van der Waals surface area contributed by atoms with Gasteiger partial charge in [0.15, 0.2) is 12.2 Å². The Kier molecular flexibility index (Phi) is 53.2. The lowest BCUT2D eigenvalue weighted by atomic mass is 10.1. The van der Waals surface area contributed by atoms with Crippen LogP contribution < -0.4 is 0 Å². The van der Waals surface area contributed by atoms with Crippen LogP contribution in [0.5, 0.6) is 0 Å². The van der Waals surface area contributed by atoms with Gasteiger partial charge in [0.2, 0.25) is 0 Å². The number of ether oxygens (including phenoxy) is 4. The molecule has 0 aromatic rings. The minimum atomic E-state index is -4.95. The van der Waals surface area contributed by atoms with Crippen molar-refractivity contribution in [2.45, 2.75) is 277 Å². The minimum Gasteiger partial charge on any atom is -0.462 e. The quantitative estimate of drug-likeness (QED) is 0.0169. The lowest BCUT2D eigenvalue weighted by Crippen LogP contribution is -2.30. The first-order valence-electron chi connectivity index (χ1n) is 30.9. The second-order valence-electron chi connectivity index (χ2n) is 20.7. The Hall–Kier alpha value is -2.98. The SMILES string of the molecule is CCCCCC/C=C\C=C/CCCCCCCC(=O)OC[C@H](COP(=O)(O)OC[C@@H](O)COP(=O)(O)OC[C@@H](COC(=O)CCCCCCC)OC(=O)CCCCCCC)OC(=O)CCCCCCC/C=C\C=C/CCCCCC. The van der Waals surface area contributed by atoms with Crippen molar-refractivity contribution in [3.05, 3.63) is 48.6 Å². The predicted octanol–water partition coefficient (Wildman–Crippen LogP) is 15.9. The number of hydrogen-bond acceptors (Lipinski definition) is 15. The summed E-state index contributed by atoms with van der Waals surface area (Å²) in [7, 11) is -9.88. The number of aliphatic hydroxyl groups is 1. The zero-order valence-corrected chi connectivity index (χ0v) is 51.8. The van der Waals surface area contributed by atoms with E-state index in [1.807, 2.05) is 0 Å². The smallest absolute Gasteiger partial charge is 0.462 e. The maximum Gasteiger partial charge on any atom is 0.472 e. The summed E-state index contributed by atoms with van der Waals surface area (Å²) in [6.07, 6.45) is 45.6. The van der Waals surface area contributed by atoms with E-state index >= 15 is 0 Å². The Bertz CT molecular complexity index is 1740. The second-order valence-corrected chi connectivity index (χ2v) is 23.6. The van der Waals surface area contributed by atoms with Crippen molar-refractivity contribution in [2.75, 3.05) is 39.6 Å². The van der Waals surface area contributed by atoms with Crippen molar-refractivity contribution in [2.24, 2.45) is 0 Å². The van der Waals surface area contributed by atoms with E-state index in [2.05, 4.69) is 76.3 Å². The van der Waals surface area contributed by atoms with Gasteiger partial charge in [-0.15, -0.1) is 0 Å². The molecule has 0 fully saturated rings. The molecule has 80 heavy (non-hydrogen) atoms. The maximum absolute atomic E-state index is 12.9. The number of unbranched alkanes of at least 4 members (excludes halogenated alkanes) is 26. The average molecular weight is 1180 g/mol. The van der Waals surface area contributed by atoms with Crippen LogP contribution in [-0.2, 0) is 65.4 Å². The van der Waals surface area contributed by atoms with Crippen LogP contribution in [0.1, 0.15) is 259 Å². The van der Waals surface area contributed by atoms with E-state index in [9.17, 15) is 43.2 Å². The molecule has 0 radical (unpaired) electrons. The Morgan fingerprint density at radius 1 is 0.350 bits per heavy atom. The van der Waals surface area contributed by atoms with Crippen molar-refractivity contribution in [1.29, 1.82) is 0 Å². The minimum absolute atomic E-state index is 0.0780. The molecular formula is C61H110O17P2. The number of phosphoric acid groups is 2. The summed E-state index contributed by atoms with van der Waals surface area (Å²) >= 11 is 0. The summed E-state index contributed by atoms with van der Waals surface area (Å²) in [5, 5.41) is 10.5. The Labute approximate surface area is 483 Å². The second kappa shape index (κ2) is 55.2. The summed E-state index contributed by atoms with van der Waals surface area (Å²) < 4.78 is 67.3. The Morgan fingerprint density at radius 3 is 0.912 bits per heavy atom. The van der Waals surface area contributed by atoms with Crippen LogP contribution in [0, 0.1) is 0 Å². The molecule has 5 atom stereocenters. The highest BCUT2D eigenvalue weighted by molar-refractivity contribution is 7.47. The zero-order chi connectivity index (χ0) is 59.1. The average Bonchev–Trinajstić information content (AvgIpc) is 3.43. The van der Waals surface area contributed by atoms with Gasteiger partial charge in [0, 0.05) is 25.7 Å². The molecule has 17 nitrogen and oxygen atoms in total. The summed E-state index contributed by atoms with van der Waals surface area (Å²) in [6, 6.07) is 0. The highest BCUT2D eigenvalue weighted by Gasteiger charge is 2.30. The largest absolute Gasteiger partial charge is 0.472 e. The van der Waals surface area contributed by atoms with Gasteiger partial charge in [-0.3, -0.25) is 37.3 Å². The molecule has 0 bridgehead atoms. The van der Waals surface area contributed by atoms with E-state index in [0.29, 0.717) is 25.7 Å². The Morgan fingerprint density at radius 2 is 0.600 bits per heavy atom. The molecule has 0 aliphatic heterocycles. The number of hydrogen-bond donors (Lipinski definition) is 3. The van der Waals surface area contributed by atoms with Gasteiger partial charge in [-0.2, -0.15) is 0 Å². The molecule has 19 heteroatoms. The van der Waals surface area contributed by atoms with Crippen molar-refractivity contribution < 1.29 is 80.2 Å². The summed E-state index contributed by atoms with van der Waals surface area (Å²) in [6.45, 7) is 4.55. The fourth-order valence-corrected chi connectivity index (χ4v) is 9.60. The molecule has 0 amide bonds. The van der Waals surface area contributed by atoms with Crippen molar-refractivity contribution in [3.8, 4) is 0 Å². The fourth-order valence-electron chi connectivity index (χ4n) is 8.02. The fraction of sp³-hybridized carbons (Fsp3) is 0.803. The van der Waals surface area contributed by atoms with Crippen molar-refractivity contribution in [3.63, 3.8) is 0 Å². The van der Waals surface area contributed by atoms with Crippen molar-refractivity contribution >= 4 is 39.5 Å². The van der Waals surface area contributed by atoms with Crippen LogP contribution in [0.3, 0.4) is 0 Å². The molecule has 0 spiro atoms. The van der Waals surface area contributed by atoms with Gasteiger partial charge in [0.25, 0.3) is 0 Å². The lowest BCUT2D eigenvalue weighted by Gasteiger charge is -2.21. The molecule has 2 unspecified atom stereocenters.